The first-order valence-corrected chi connectivity index (χ1v) is 9.89. The first kappa shape index (κ1) is 17.3. The lowest BCUT2D eigenvalue weighted by Crippen LogP contribution is -2.79. The minimum atomic E-state index is -1.41. The number of rotatable bonds is 2. The molecule has 27 heavy (non-hydrogen) atoms. The van der Waals surface area contributed by atoms with E-state index in [1.165, 1.54) is 18.9 Å². The summed E-state index contributed by atoms with van der Waals surface area (Å²) >= 11 is 0. The molecule has 5 aliphatic rings. The molecule has 3 N–H and O–H groups in total. The molecule has 1 saturated heterocycles. The first-order valence-electron chi connectivity index (χ1n) is 9.89. The van der Waals surface area contributed by atoms with Crippen LogP contribution in [0.4, 0.5) is 0 Å². The quantitative estimate of drug-likeness (QED) is 0.628. The van der Waals surface area contributed by atoms with E-state index in [1.54, 1.807) is 6.08 Å². The van der Waals surface area contributed by atoms with E-state index >= 15 is 0 Å². The number of hydrogen-bond donors (Lipinski definition) is 3. The molecule has 0 aromatic heterocycles. The van der Waals surface area contributed by atoms with Crippen LogP contribution in [0.15, 0.2) is 35.1 Å². The molecule has 4 unspecified atom stereocenters. The zero-order chi connectivity index (χ0) is 19.2. The van der Waals surface area contributed by atoms with Gasteiger partial charge in [0.1, 0.15) is 17.7 Å². The average Bonchev–Trinajstić information content (AvgIpc) is 3.43. The summed E-state index contributed by atoms with van der Waals surface area (Å²) in [6.45, 7) is 1.65. The molecule has 1 heterocycles. The highest BCUT2D eigenvalue weighted by Crippen LogP contribution is 2.63. The Morgan fingerprint density at radius 2 is 1.96 bits per heavy atom. The van der Waals surface area contributed by atoms with Crippen molar-refractivity contribution < 1.29 is 29.4 Å². The predicted octanol–water partition coefficient (Wildman–Crippen LogP) is 0.948. The van der Waals surface area contributed by atoms with Gasteiger partial charge in [0.15, 0.2) is 11.5 Å². The van der Waals surface area contributed by atoms with Crippen molar-refractivity contribution in [1.29, 1.82) is 0 Å². The molecular weight excluding hydrogens is 346 g/mol. The van der Waals surface area contributed by atoms with Gasteiger partial charge in [0.2, 0.25) is 5.78 Å². The SMILES string of the molecule is C[N+]1(CC2CC2)CC[C@@]23C4=C(O)C(=O)C=CC4=CC1C2(O)CCC(=O)C3O. The third-order valence-electron chi connectivity index (χ3n) is 7.80. The largest absolute Gasteiger partial charge is 0.504 e. The van der Waals surface area contributed by atoms with Crippen molar-refractivity contribution in [2.24, 2.45) is 11.3 Å². The average molecular weight is 372 g/mol. The van der Waals surface area contributed by atoms with Gasteiger partial charge in [-0.15, -0.1) is 0 Å². The number of aliphatic hydroxyl groups is 3. The van der Waals surface area contributed by atoms with Crippen LogP contribution in [0.25, 0.3) is 0 Å². The van der Waals surface area contributed by atoms with Gasteiger partial charge in [-0.3, -0.25) is 9.59 Å². The highest BCUT2D eigenvalue weighted by atomic mass is 16.3. The molecule has 5 atom stereocenters. The van der Waals surface area contributed by atoms with Gasteiger partial charge in [0.25, 0.3) is 0 Å². The second kappa shape index (κ2) is 5.19. The van der Waals surface area contributed by atoms with E-state index in [0.29, 0.717) is 28.9 Å². The maximum Gasteiger partial charge on any atom is 0.220 e. The van der Waals surface area contributed by atoms with Gasteiger partial charge >= 0.3 is 0 Å². The molecule has 0 aromatic carbocycles. The van der Waals surface area contributed by atoms with Crippen LogP contribution in [0.1, 0.15) is 32.1 Å². The van der Waals surface area contributed by atoms with Crippen molar-refractivity contribution in [2.45, 2.75) is 49.9 Å². The summed E-state index contributed by atoms with van der Waals surface area (Å²) in [4.78, 5) is 24.7. The van der Waals surface area contributed by atoms with E-state index in [9.17, 15) is 24.9 Å². The zero-order valence-electron chi connectivity index (χ0n) is 15.5. The van der Waals surface area contributed by atoms with Crippen LogP contribution in [-0.4, -0.2) is 69.3 Å². The van der Waals surface area contributed by atoms with Crippen LogP contribution in [0.5, 0.6) is 0 Å². The van der Waals surface area contributed by atoms with Gasteiger partial charge in [-0.1, -0.05) is 6.08 Å². The van der Waals surface area contributed by atoms with Crippen LogP contribution in [0.3, 0.4) is 0 Å². The molecule has 6 heteroatoms. The molecule has 0 radical (unpaired) electrons. The number of fused-ring (bicyclic) bond motifs is 1. The number of nitrogens with zero attached hydrogens (tertiary/aromatic N) is 1. The summed E-state index contributed by atoms with van der Waals surface area (Å²) in [5.41, 5.74) is -1.74. The van der Waals surface area contributed by atoms with E-state index in [-0.39, 0.29) is 30.2 Å². The fourth-order valence-corrected chi connectivity index (χ4v) is 6.29. The van der Waals surface area contributed by atoms with Crippen molar-refractivity contribution in [3.8, 4) is 0 Å². The number of allylic oxidation sites excluding steroid dienone is 3. The van der Waals surface area contributed by atoms with Crippen molar-refractivity contribution in [3.63, 3.8) is 0 Å². The minimum Gasteiger partial charge on any atom is -0.504 e. The molecule has 2 saturated carbocycles. The minimum absolute atomic E-state index is 0.111. The molecule has 0 amide bonds. The van der Waals surface area contributed by atoms with Gasteiger partial charge in [-0.25, -0.2) is 0 Å². The van der Waals surface area contributed by atoms with E-state index in [1.807, 2.05) is 6.08 Å². The van der Waals surface area contributed by atoms with E-state index in [2.05, 4.69) is 7.05 Å². The van der Waals surface area contributed by atoms with Crippen molar-refractivity contribution in [2.75, 3.05) is 20.1 Å². The van der Waals surface area contributed by atoms with Crippen molar-refractivity contribution in [3.05, 3.63) is 35.1 Å². The number of Topliss-reactive ketones (excluding diaryl/α,β-unsaturated/α-hetero) is 1. The Morgan fingerprint density at radius 1 is 1.22 bits per heavy atom. The summed E-state index contributed by atoms with van der Waals surface area (Å²) in [5, 5.41) is 33.7. The number of carbonyl (C=O) groups is 2. The van der Waals surface area contributed by atoms with Gasteiger partial charge in [0.05, 0.1) is 25.6 Å². The molecule has 144 valence electrons. The zero-order valence-corrected chi connectivity index (χ0v) is 15.5. The lowest BCUT2D eigenvalue weighted by Gasteiger charge is -2.65. The fraction of sp³-hybridized carbons (Fsp3) is 0.619. The van der Waals surface area contributed by atoms with Gasteiger partial charge in [-0.2, -0.15) is 0 Å². The molecule has 6 nitrogen and oxygen atoms in total. The summed E-state index contributed by atoms with van der Waals surface area (Å²) in [6.07, 6.45) is 6.68. The number of aliphatic hydroxyl groups excluding tert-OH is 2. The summed E-state index contributed by atoms with van der Waals surface area (Å²) in [5.74, 6) is -0.634. The monoisotopic (exact) mass is 372 g/mol. The molecule has 2 bridgehead atoms. The smallest absolute Gasteiger partial charge is 0.220 e. The Balaban J connectivity index is 1.77. The number of likely N-dealkylation sites (N-methyl/N-ethyl adjacent to an activating group) is 1. The first-order chi connectivity index (χ1) is 12.7. The van der Waals surface area contributed by atoms with Crippen LogP contribution < -0.4 is 0 Å². The lowest BCUT2D eigenvalue weighted by atomic mass is 9.47. The lowest BCUT2D eigenvalue weighted by molar-refractivity contribution is -0.944. The molecular formula is C21H26NO5+. The van der Waals surface area contributed by atoms with E-state index in [4.69, 9.17) is 0 Å². The van der Waals surface area contributed by atoms with Gasteiger partial charge < -0.3 is 19.8 Å². The maximum atomic E-state index is 12.5. The summed E-state index contributed by atoms with van der Waals surface area (Å²) in [7, 11) is 2.15. The molecule has 1 aliphatic heterocycles. The number of quaternary nitrogens is 1. The number of piperidine rings is 1. The number of likely N-dealkylation sites (tertiary alicyclic amines) is 1. The standard InChI is InChI=1S/C21H25NO5/c1-22(11-12-2-3-12)9-8-20-17-13(4-5-14(23)18(17)25)10-16(22)21(20,27)7-6-15(24)19(20)26/h4-5,10,12,16,19,26-27H,2-3,6-9,11H2,1H3/p+1/t16?,19?,20-,21?,22?/m0/s1. The molecule has 0 spiro atoms. The highest BCUT2D eigenvalue weighted by molar-refractivity contribution is 6.06. The van der Waals surface area contributed by atoms with Crippen LogP contribution >= 0.6 is 0 Å². The Labute approximate surface area is 158 Å². The van der Waals surface area contributed by atoms with E-state index in [0.717, 1.165) is 6.54 Å². The summed E-state index contributed by atoms with van der Waals surface area (Å²) < 4.78 is 0.670. The molecule has 3 fully saturated rings. The second-order valence-corrected chi connectivity index (χ2v) is 9.33. The molecule has 4 aliphatic carbocycles. The Morgan fingerprint density at radius 3 is 2.67 bits per heavy atom. The number of carbonyl (C=O) groups excluding carboxylic acids is 2. The third kappa shape index (κ3) is 2.01. The van der Waals surface area contributed by atoms with Gasteiger partial charge in [0, 0.05) is 24.3 Å². The number of ketones is 2. The Kier molecular flexibility index (Phi) is 3.33. The van der Waals surface area contributed by atoms with Crippen LogP contribution in [-0.2, 0) is 9.59 Å². The maximum absolute atomic E-state index is 12.5. The summed E-state index contributed by atoms with van der Waals surface area (Å²) in [6, 6.07) is -0.279. The normalized spacial score (nSPS) is 46.1. The van der Waals surface area contributed by atoms with E-state index < -0.39 is 28.7 Å². The molecule has 0 aromatic rings. The predicted molar refractivity (Wildman–Crippen MR) is 96.6 cm³/mol. The molecule has 5 rings (SSSR count). The Bertz CT molecular complexity index is 853. The number of hydrogen-bond acceptors (Lipinski definition) is 5. The van der Waals surface area contributed by atoms with Crippen molar-refractivity contribution in [1.82, 2.24) is 0 Å². The van der Waals surface area contributed by atoms with Crippen molar-refractivity contribution >= 4 is 11.6 Å². The Hall–Kier alpha value is -1.76. The second-order valence-electron chi connectivity index (χ2n) is 9.33. The van der Waals surface area contributed by atoms with Crippen LogP contribution in [0.2, 0.25) is 0 Å². The van der Waals surface area contributed by atoms with Gasteiger partial charge in [-0.05, 0) is 37.0 Å². The topological polar surface area (TPSA) is 94.8 Å². The fourth-order valence-electron chi connectivity index (χ4n) is 6.29. The third-order valence-corrected chi connectivity index (χ3v) is 7.80. The van der Waals surface area contributed by atoms with Crippen LogP contribution in [0, 0.1) is 11.3 Å². The highest BCUT2D eigenvalue weighted by Gasteiger charge is 2.73.